The zero-order chi connectivity index (χ0) is 13.1. The number of hydrogen-bond acceptors (Lipinski definition) is 2. The number of carbonyl (C=O) groups excluding carboxylic acids is 1. The zero-order valence-corrected chi connectivity index (χ0v) is 11.0. The summed E-state index contributed by atoms with van der Waals surface area (Å²) >= 11 is 0. The summed E-state index contributed by atoms with van der Waals surface area (Å²) in [6.07, 6.45) is 0.477. The van der Waals surface area contributed by atoms with Crippen molar-refractivity contribution in [1.29, 1.82) is 0 Å². The third-order valence-corrected chi connectivity index (χ3v) is 3.23. The van der Waals surface area contributed by atoms with E-state index in [9.17, 15) is 4.79 Å². The molecule has 0 spiro atoms. The summed E-state index contributed by atoms with van der Waals surface area (Å²) in [5.41, 5.74) is 6.56. The van der Waals surface area contributed by atoms with E-state index in [0.717, 1.165) is 6.42 Å². The van der Waals surface area contributed by atoms with E-state index in [1.807, 2.05) is 24.3 Å². The molecule has 2 N–H and O–H groups in total. The van der Waals surface area contributed by atoms with Gasteiger partial charge in [-0.05, 0) is 36.5 Å². The number of rotatable bonds is 5. The predicted molar refractivity (Wildman–Crippen MR) is 69.0 cm³/mol. The van der Waals surface area contributed by atoms with Gasteiger partial charge < -0.3 is 10.5 Å². The van der Waals surface area contributed by atoms with Crippen LogP contribution in [-0.4, -0.2) is 12.0 Å². The van der Waals surface area contributed by atoms with Gasteiger partial charge >= 0.3 is 0 Å². The minimum absolute atomic E-state index is 0.161. The molecule has 0 aliphatic rings. The normalized spacial score (nSPS) is 13.2. The second-order valence-corrected chi connectivity index (χ2v) is 4.92. The van der Waals surface area contributed by atoms with Gasteiger partial charge in [-0.25, -0.2) is 0 Å². The summed E-state index contributed by atoms with van der Waals surface area (Å²) in [6.45, 7) is 8.22. The summed E-state index contributed by atoms with van der Waals surface area (Å²) in [5, 5.41) is 0. The number of primary amides is 1. The van der Waals surface area contributed by atoms with Gasteiger partial charge in [0.1, 0.15) is 5.75 Å². The van der Waals surface area contributed by atoms with E-state index in [2.05, 4.69) is 20.8 Å². The summed E-state index contributed by atoms with van der Waals surface area (Å²) in [4.78, 5) is 10.9. The first kappa shape index (κ1) is 13.6. The average Bonchev–Trinajstić information content (AvgIpc) is 2.29. The molecule has 17 heavy (non-hydrogen) atoms. The lowest BCUT2D eigenvalue weighted by Gasteiger charge is -2.23. The summed E-state index contributed by atoms with van der Waals surface area (Å²) in [6, 6.07) is 7.83. The van der Waals surface area contributed by atoms with Crippen molar-refractivity contribution in [2.75, 3.05) is 0 Å². The molecule has 1 aromatic rings. The van der Waals surface area contributed by atoms with Crippen LogP contribution in [0, 0.1) is 0 Å². The summed E-state index contributed by atoms with van der Waals surface area (Å²) in [7, 11) is 0. The van der Waals surface area contributed by atoms with Crippen molar-refractivity contribution in [2.24, 2.45) is 5.73 Å². The lowest BCUT2D eigenvalue weighted by atomic mass is 9.82. The maximum atomic E-state index is 10.9. The van der Waals surface area contributed by atoms with E-state index in [0.29, 0.717) is 5.75 Å². The minimum atomic E-state index is -0.597. The highest BCUT2D eigenvalue weighted by atomic mass is 16.5. The van der Waals surface area contributed by atoms with E-state index in [1.165, 1.54) is 5.56 Å². The quantitative estimate of drug-likeness (QED) is 0.853. The molecule has 0 aromatic heterocycles. The van der Waals surface area contributed by atoms with Crippen molar-refractivity contribution in [2.45, 2.75) is 45.6 Å². The van der Waals surface area contributed by atoms with Crippen molar-refractivity contribution >= 4 is 5.91 Å². The molecule has 3 heteroatoms. The molecule has 0 aliphatic carbocycles. The molecule has 0 saturated heterocycles. The lowest BCUT2D eigenvalue weighted by molar-refractivity contribution is -0.123. The monoisotopic (exact) mass is 235 g/mol. The van der Waals surface area contributed by atoms with Crippen LogP contribution in [0.1, 0.15) is 39.7 Å². The Morgan fingerprint density at radius 2 is 1.88 bits per heavy atom. The first-order valence-electron chi connectivity index (χ1n) is 5.93. The second kappa shape index (κ2) is 5.21. The maximum Gasteiger partial charge on any atom is 0.258 e. The third kappa shape index (κ3) is 3.48. The second-order valence-electron chi connectivity index (χ2n) is 4.92. The third-order valence-electron chi connectivity index (χ3n) is 3.23. The van der Waals surface area contributed by atoms with Gasteiger partial charge in [-0.1, -0.05) is 32.9 Å². The van der Waals surface area contributed by atoms with Crippen LogP contribution in [0.4, 0.5) is 0 Å². The lowest BCUT2D eigenvalue weighted by Crippen LogP contribution is -2.30. The van der Waals surface area contributed by atoms with Crippen LogP contribution in [0.2, 0.25) is 0 Å². The summed E-state index contributed by atoms with van der Waals surface area (Å²) < 4.78 is 5.40. The van der Waals surface area contributed by atoms with E-state index in [4.69, 9.17) is 10.5 Å². The SMILES string of the molecule is CCC(C)(C)c1ccc(OC(C)C(N)=O)cc1. The molecule has 3 nitrogen and oxygen atoms in total. The molecule has 1 amide bonds. The van der Waals surface area contributed by atoms with Crippen LogP contribution in [0.25, 0.3) is 0 Å². The van der Waals surface area contributed by atoms with Gasteiger partial charge in [0.15, 0.2) is 6.10 Å². The van der Waals surface area contributed by atoms with Crippen LogP contribution in [0.5, 0.6) is 5.75 Å². The zero-order valence-electron chi connectivity index (χ0n) is 11.0. The fraction of sp³-hybridized carbons (Fsp3) is 0.500. The maximum absolute atomic E-state index is 10.9. The molecular formula is C14H21NO2. The van der Waals surface area contributed by atoms with Crippen molar-refractivity contribution in [3.63, 3.8) is 0 Å². The van der Waals surface area contributed by atoms with Gasteiger partial charge in [0, 0.05) is 0 Å². The fourth-order valence-corrected chi connectivity index (χ4v) is 1.45. The molecule has 0 bridgehead atoms. The van der Waals surface area contributed by atoms with Crippen molar-refractivity contribution < 1.29 is 9.53 Å². The molecule has 1 unspecified atom stereocenters. The van der Waals surface area contributed by atoms with Crippen molar-refractivity contribution in [3.8, 4) is 5.75 Å². The molecule has 0 fully saturated rings. The topological polar surface area (TPSA) is 52.3 Å². The number of benzene rings is 1. The van der Waals surface area contributed by atoms with Crippen molar-refractivity contribution in [1.82, 2.24) is 0 Å². The van der Waals surface area contributed by atoms with Crippen molar-refractivity contribution in [3.05, 3.63) is 29.8 Å². The van der Waals surface area contributed by atoms with Gasteiger partial charge in [-0.3, -0.25) is 4.79 Å². The number of nitrogens with two attached hydrogens (primary N) is 1. The number of ether oxygens (including phenoxy) is 1. The predicted octanol–water partition coefficient (Wildman–Crippen LogP) is 2.63. The molecule has 1 aromatic carbocycles. The van der Waals surface area contributed by atoms with Crippen LogP contribution >= 0.6 is 0 Å². The van der Waals surface area contributed by atoms with E-state index < -0.39 is 12.0 Å². The Labute approximate surface area is 103 Å². The minimum Gasteiger partial charge on any atom is -0.481 e. The molecule has 94 valence electrons. The highest BCUT2D eigenvalue weighted by molar-refractivity contribution is 5.78. The van der Waals surface area contributed by atoms with E-state index in [1.54, 1.807) is 6.92 Å². The Kier molecular flexibility index (Phi) is 4.16. The van der Waals surface area contributed by atoms with Crippen LogP contribution in [0.15, 0.2) is 24.3 Å². The van der Waals surface area contributed by atoms with Crippen LogP contribution < -0.4 is 10.5 Å². The van der Waals surface area contributed by atoms with Crippen LogP contribution in [0.3, 0.4) is 0 Å². The van der Waals surface area contributed by atoms with Gasteiger partial charge in [0.05, 0.1) is 0 Å². The summed E-state index contributed by atoms with van der Waals surface area (Å²) in [5.74, 6) is 0.218. The van der Waals surface area contributed by atoms with Gasteiger partial charge in [-0.15, -0.1) is 0 Å². The Bertz CT molecular complexity index is 382. The average molecular weight is 235 g/mol. The van der Waals surface area contributed by atoms with Gasteiger partial charge in [0.2, 0.25) is 0 Å². The first-order chi connectivity index (χ1) is 7.86. The highest BCUT2D eigenvalue weighted by Crippen LogP contribution is 2.28. The molecule has 0 heterocycles. The first-order valence-corrected chi connectivity index (χ1v) is 5.93. The number of hydrogen-bond donors (Lipinski definition) is 1. The number of carbonyl (C=O) groups is 1. The Morgan fingerprint density at radius 3 is 2.29 bits per heavy atom. The molecule has 0 radical (unpaired) electrons. The molecule has 0 aliphatic heterocycles. The van der Waals surface area contributed by atoms with E-state index >= 15 is 0 Å². The molecular weight excluding hydrogens is 214 g/mol. The largest absolute Gasteiger partial charge is 0.481 e. The van der Waals surface area contributed by atoms with Gasteiger partial charge in [0.25, 0.3) is 5.91 Å². The van der Waals surface area contributed by atoms with Gasteiger partial charge in [-0.2, -0.15) is 0 Å². The molecule has 1 rings (SSSR count). The smallest absolute Gasteiger partial charge is 0.258 e. The Hall–Kier alpha value is -1.51. The number of amides is 1. The molecule has 0 saturated carbocycles. The van der Waals surface area contributed by atoms with Crippen LogP contribution in [-0.2, 0) is 10.2 Å². The van der Waals surface area contributed by atoms with E-state index in [-0.39, 0.29) is 5.41 Å². The highest BCUT2D eigenvalue weighted by Gasteiger charge is 2.18. The molecule has 1 atom stereocenters. The fourth-order valence-electron chi connectivity index (χ4n) is 1.45. The standard InChI is InChI=1S/C14H21NO2/c1-5-14(3,4)11-6-8-12(9-7-11)17-10(2)13(15)16/h6-10H,5H2,1-4H3,(H2,15,16). The Balaban J connectivity index is 2.78. The Morgan fingerprint density at radius 1 is 1.35 bits per heavy atom.